The Kier molecular flexibility index (Phi) is 7.56. The van der Waals surface area contributed by atoms with Crippen molar-refractivity contribution >= 4 is 23.2 Å². The van der Waals surface area contributed by atoms with Crippen LogP contribution >= 0.6 is 0 Å². The van der Waals surface area contributed by atoms with Crippen molar-refractivity contribution in [1.29, 1.82) is 0 Å². The second kappa shape index (κ2) is 10.1. The summed E-state index contributed by atoms with van der Waals surface area (Å²) in [6.45, 7) is 3.72. The number of benzene rings is 2. The highest BCUT2D eigenvalue weighted by Crippen LogP contribution is 2.25. The largest absolute Gasteiger partial charge is 0.497 e. The summed E-state index contributed by atoms with van der Waals surface area (Å²) in [5.74, 6) is 0.872. The topological polar surface area (TPSA) is 89.0 Å². The molecule has 0 fully saturated rings. The number of carbonyl (C=O) groups excluding carboxylic acids is 2. The summed E-state index contributed by atoms with van der Waals surface area (Å²) in [4.78, 5) is 23.9. The van der Waals surface area contributed by atoms with Gasteiger partial charge in [0.1, 0.15) is 11.5 Å². The van der Waals surface area contributed by atoms with Gasteiger partial charge in [-0.05, 0) is 49.7 Å². The predicted molar refractivity (Wildman–Crippen MR) is 109 cm³/mol. The zero-order chi connectivity index (χ0) is 20.5. The van der Waals surface area contributed by atoms with E-state index < -0.39 is 0 Å². The van der Waals surface area contributed by atoms with Crippen LogP contribution in [0.3, 0.4) is 0 Å². The molecule has 2 N–H and O–H groups in total. The molecule has 28 heavy (non-hydrogen) atoms. The molecule has 0 aliphatic rings. The molecule has 0 spiro atoms. The van der Waals surface area contributed by atoms with Gasteiger partial charge < -0.3 is 14.8 Å². The summed E-state index contributed by atoms with van der Waals surface area (Å²) < 4.78 is 10.5. The van der Waals surface area contributed by atoms with Gasteiger partial charge in [0.15, 0.2) is 0 Å². The van der Waals surface area contributed by atoms with E-state index in [0.29, 0.717) is 34.9 Å². The third-order valence-corrected chi connectivity index (χ3v) is 4.03. The minimum atomic E-state index is -0.349. The number of methoxy groups -OCH3 is 2. The number of hydrogen-bond donors (Lipinski definition) is 2. The first kappa shape index (κ1) is 21.0. The summed E-state index contributed by atoms with van der Waals surface area (Å²) in [6.07, 6.45) is 1.24. The molecule has 148 valence electrons. The zero-order valence-corrected chi connectivity index (χ0v) is 16.5. The van der Waals surface area contributed by atoms with E-state index in [-0.39, 0.29) is 11.8 Å². The van der Waals surface area contributed by atoms with Gasteiger partial charge in [0.05, 0.1) is 19.9 Å². The van der Waals surface area contributed by atoms with Crippen LogP contribution in [0.2, 0.25) is 0 Å². The van der Waals surface area contributed by atoms with E-state index in [9.17, 15) is 9.59 Å². The molecule has 7 nitrogen and oxygen atoms in total. The van der Waals surface area contributed by atoms with Gasteiger partial charge in [-0.3, -0.25) is 9.59 Å². The highest BCUT2D eigenvalue weighted by Gasteiger charge is 2.10. The van der Waals surface area contributed by atoms with E-state index in [1.165, 1.54) is 0 Å². The van der Waals surface area contributed by atoms with Crippen molar-refractivity contribution in [3.8, 4) is 11.5 Å². The molecule has 0 heterocycles. The number of amides is 2. The fourth-order valence-corrected chi connectivity index (χ4v) is 2.51. The minimum absolute atomic E-state index is 0.0478. The Morgan fingerprint density at radius 1 is 1.04 bits per heavy atom. The smallest absolute Gasteiger partial charge is 0.271 e. The predicted octanol–water partition coefficient (Wildman–Crippen LogP) is 3.60. The van der Waals surface area contributed by atoms with Gasteiger partial charge in [-0.1, -0.05) is 6.92 Å². The number of nitrogens with zero attached hydrogens (tertiary/aromatic N) is 1. The lowest BCUT2D eigenvalue weighted by molar-refractivity contribution is -0.116. The highest BCUT2D eigenvalue weighted by atomic mass is 16.5. The average molecular weight is 383 g/mol. The Labute approximate surface area is 164 Å². The van der Waals surface area contributed by atoms with Gasteiger partial charge in [-0.25, -0.2) is 5.43 Å². The standard InChI is InChI=1S/C21H25N3O4/c1-5-6-20(25)22-16-9-7-15(8-10-16)21(26)24-23-14(2)18-12-11-17(27-3)13-19(18)28-4/h7-13H,5-6H2,1-4H3,(H,22,25)(H,24,26)/b23-14+. The number of rotatable bonds is 8. The van der Waals surface area contributed by atoms with Crippen LogP contribution in [0.5, 0.6) is 11.5 Å². The molecular formula is C21H25N3O4. The van der Waals surface area contributed by atoms with E-state index in [1.807, 2.05) is 13.0 Å². The van der Waals surface area contributed by atoms with Crippen molar-refractivity contribution in [2.45, 2.75) is 26.7 Å². The number of hydrazone groups is 1. The number of anilines is 1. The Bertz CT molecular complexity index is 860. The summed E-state index contributed by atoms with van der Waals surface area (Å²) in [5.41, 5.74) is 4.96. The van der Waals surface area contributed by atoms with Crippen molar-refractivity contribution in [2.24, 2.45) is 5.10 Å². The fraction of sp³-hybridized carbons (Fsp3) is 0.286. The SMILES string of the molecule is CCCC(=O)Nc1ccc(C(=O)N/N=C(\C)c2ccc(OC)cc2OC)cc1. The Morgan fingerprint density at radius 3 is 2.36 bits per heavy atom. The van der Waals surface area contributed by atoms with Crippen LogP contribution in [0.15, 0.2) is 47.6 Å². The van der Waals surface area contributed by atoms with Crippen LogP contribution in [0.4, 0.5) is 5.69 Å². The molecule has 0 bridgehead atoms. The number of hydrogen-bond acceptors (Lipinski definition) is 5. The molecule has 2 rings (SSSR count). The lowest BCUT2D eigenvalue weighted by Crippen LogP contribution is -2.19. The molecule has 0 saturated heterocycles. The van der Waals surface area contributed by atoms with Crippen LogP contribution in [0.25, 0.3) is 0 Å². The number of ether oxygens (including phenoxy) is 2. The maximum Gasteiger partial charge on any atom is 0.271 e. The van der Waals surface area contributed by atoms with Crippen LogP contribution in [0, 0.1) is 0 Å². The second-order valence-electron chi connectivity index (χ2n) is 6.08. The van der Waals surface area contributed by atoms with Gasteiger partial charge in [0, 0.05) is 29.3 Å². The van der Waals surface area contributed by atoms with E-state index in [4.69, 9.17) is 9.47 Å². The first-order valence-electron chi connectivity index (χ1n) is 8.95. The van der Waals surface area contributed by atoms with Crippen molar-refractivity contribution in [1.82, 2.24) is 5.43 Å². The van der Waals surface area contributed by atoms with Gasteiger partial charge in [0.2, 0.25) is 5.91 Å². The molecule has 0 radical (unpaired) electrons. The third kappa shape index (κ3) is 5.57. The minimum Gasteiger partial charge on any atom is -0.497 e. The maximum atomic E-state index is 12.3. The third-order valence-electron chi connectivity index (χ3n) is 4.03. The second-order valence-corrected chi connectivity index (χ2v) is 6.08. The molecule has 0 saturated carbocycles. The molecule has 7 heteroatoms. The lowest BCUT2D eigenvalue weighted by atomic mass is 10.1. The van der Waals surface area contributed by atoms with Gasteiger partial charge >= 0.3 is 0 Å². The van der Waals surface area contributed by atoms with E-state index >= 15 is 0 Å². The zero-order valence-electron chi connectivity index (χ0n) is 16.5. The Balaban J connectivity index is 2.05. The monoisotopic (exact) mass is 383 g/mol. The van der Waals surface area contributed by atoms with Crippen LogP contribution < -0.4 is 20.2 Å². The molecule has 0 unspecified atom stereocenters. The van der Waals surface area contributed by atoms with Crippen LogP contribution in [0.1, 0.15) is 42.6 Å². The summed E-state index contributed by atoms with van der Waals surface area (Å²) >= 11 is 0. The first-order chi connectivity index (χ1) is 13.5. The molecule has 0 atom stereocenters. The average Bonchev–Trinajstić information content (AvgIpc) is 2.71. The quantitative estimate of drug-likeness (QED) is 0.538. The maximum absolute atomic E-state index is 12.3. The highest BCUT2D eigenvalue weighted by molar-refractivity contribution is 6.03. The molecule has 0 aliphatic carbocycles. The molecule has 2 aromatic carbocycles. The van der Waals surface area contributed by atoms with E-state index in [2.05, 4.69) is 15.8 Å². The van der Waals surface area contributed by atoms with Crippen LogP contribution in [-0.4, -0.2) is 31.7 Å². The molecule has 0 aliphatic heterocycles. The molecule has 2 aromatic rings. The van der Waals surface area contributed by atoms with Crippen molar-refractivity contribution in [3.63, 3.8) is 0 Å². The fourth-order valence-electron chi connectivity index (χ4n) is 2.51. The summed E-state index contributed by atoms with van der Waals surface area (Å²) in [5, 5.41) is 6.94. The Morgan fingerprint density at radius 2 is 1.75 bits per heavy atom. The van der Waals surface area contributed by atoms with Crippen molar-refractivity contribution < 1.29 is 19.1 Å². The van der Waals surface area contributed by atoms with Gasteiger partial charge in [-0.15, -0.1) is 0 Å². The van der Waals surface area contributed by atoms with E-state index in [0.717, 1.165) is 12.0 Å². The van der Waals surface area contributed by atoms with Gasteiger partial charge in [0.25, 0.3) is 5.91 Å². The normalized spacial score (nSPS) is 10.9. The first-order valence-corrected chi connectivity index (χ1v) is 8.95. The Hall–Kier alpha value is -3.35. The van der Waals surface area contributed by atoms with Gasteiger partial charge in [-0.2, -0.15) is 5.10 Å². The number of nitrogens with one attached hydrogen (secondary N) is 2. The summed E-state index contributed by atoms with van der Waals surface area (Å²) in [6, 6.07) is 12.0. The molecule has 2 amide bonds. The molecule has 0 aromatic heterocycles. The number of carbonyl (C=O) groups is 2. The summed E-state index contributed by atoms with van der Waals surface area (Å²) in [7, 11) is 3.14. The molecular weight excluding hydrogens is 358 g/mol. The van der Waals surface area contributed by atoms with E-state index in [1.54, 1.807) is 57.5 Å². The van der Waals surface area contributed by atoms with Crippen LogP contribution in [-0.2, 0) is 4.79 Å². The lowest BCUT2D eigenvalue weighted by Gasteiger charge is -2.10. The van der Waals surface area contributed by atoms with Crippen molar-refractivity contribution in [3.05, 3.63) is 53.6 Å². The van der Waals surface area contributed by atoms with Crippen molar-refractivity contribution in [2.75, 3.05) is 19.5 Å².